The molecule has 4 aromatic rings. The number of methoxy groups -OCH3 is 1. The summed E-state index contributed by atoms with van der Waals surface area (Å²) in [5, 5.41) is 23.3. The largest absolute Gasteiger partial charge is 0.510 e. The summed E-state index contributed by atoms with van der Waals surface area (Å²) < 4.78 is 8.24. The number of rotatable bonds is 8. The number of ether oxygens (including phenoxy) is 1. The second-order valence-electron chi connectivity index (χ2n) is 8.76. The smallest absolute Gasteiger partial charge is 0.295 e. The van der Waals surface area contributed by atoms with Crippen LogP contribution in [-0.2, 0) is 11.8 Å². The molecule has 3 N–H and O–H groups in total. The van der Waals surface area contributed by atoms with Gasteiger partial charge in [0.15, 0.2) is 5.70 Å². The van der Waals surface area contributed by atoms with E-state index in [1.165, 1.54) is 24.8 Å². The van der Waals surface area contributed by atoms with Gasteiger partial charge in [0.2, 0.25) is 0 Å². The molecule has 0 unspecified atom stereocenters. The maximum Gasteiger partial charge on any atom is 0.295 e. The summed E-state index contributed by atoms with van der Waals surface area (Å²) in [5.41, 5.74) is 1.68. The topological polar surface area (TPSA) is 139 Å². The van der Waals surface area contributed by atoms with Gasteiger partial charge in [-0.2, -0.15) is 5.11 Å². The van der Waals surface area contributed by atoms with E-state index in [9.17, 15) is 19.5 Å². The van der Waals surface area contributed by atoms with Crippen LogP contribution < -0.4 is 20.9 Å². The summed E-state index contributed by atoms with van der Waals surface area (Å²) in [6.45, 7) is 3.05. The third kappa shape index (κ3) is 5.99. The summed E-state index contributed by atoms with van der Waals surface area (Å²) >= 11 is 0. The molecule has 0 aliphatic heterocycles. The van der Waals surface area contributed by atoms with E-state index < -0.39 is 11.8 Å². The second-order valence-corrected chi connectivity index (χ2v) is 8.76. The summed E-state index contributed by atoms with van der Waals surface area (Å²) in [6.07, 6.45) is 0. The summed E-state index contributed by atoms with van der Waals surface area (Å²) in [7, 11) is 3.27. The van der Waals surface area contributed by atoms with Crippen molar-refractivity contribution in [1.82, 2.24) is 9.36 Å². The minimum atomic E-state index is -0.669. The van der Waals surface area contributed by atoms with E-state index in [0.29, 0.717) is 22.8 Å². The highest BCUT2D eigenvalue weighted by molar-refractivity contribution is 6.05. The van der Waals surface area contributed by atoms with Gasteiger partial charge in [-0.1, -0.05) is 24.3 Å². The van der Waals surface area contributed by atoms with Gasteiger partial charge in [-0.25, -0.2) is 4.68 Å². The SMILES string of the molecule is COc1ccc(NC(=O)/C(N=Nc2cccc(C(=O)Nc3c(C)n(C)n(-c4ccccc4)c3=O)c2)=C(\C)O)cc1. The van der Waals surface area contributed by atoms with Crippen LogP contribution in [0.2, 0.25) is 0 Å². The quantitative estimate of drug-likeness (QED) is 0.159. The molecule has 1 heterocycles. The lowest BCUT2D eigenvalue weighted by Gasteiger charge is -2.07. The van der Waals surface area contributed by atoms with E-state index in [4.69, 9.17) is 4.74 Å². The van der Waals surface area contributed by atoms with Crippen LogP contribution in [0, 0.1) is 6.92 Å². The molecular formula is C29H28N6O5. The van der Waals surface area contributed by atoms with Gasteiger partial charge in [0.25, 0.3) is 17.4 Å². The zero-order valence-corrected chi connectivity index (χ0v) is 22.4. The van der Waals surface area contributed by atoms with Crippen LogP contribution in [0.3, 0.4) is 0 Å². The molecule has 0 aliphatic carbocycles. The van der Waals surface area contributed by atoms with E-state index in [1.54, 1.807) is 73.3 Å². The second kappa shape index (κ2) is 11.9. The number of nitrogens with one attached hydrogen (secondary N) is 2. The van der Waals surface area contributed by atoms with Crippen LogP contribution in [0.25, 0.3) is 5.69 Å². The van der Waals surface area contributed by atoms with Crippen molar-refractivity contribution in [3.8, 4) is 11.4 Å². The van der Waals surface area contributed by atoms with Crippen molar-refractivity contribution in [2.75, 3.05) is 17.7 Å². The molecule has 3 aromatic carbocycles. The van der Waals surface area contributed by atoms with Gasteiger partial charge in [-0.05, 0) is 68.4 Å². The molecule has 0 bridgehead atoms. The van der Waals surface area contributed by atoms with E-state index in [0.717, 1.165) is 0 Å². The van der Waals surface area contributed by atoms with Crippen molar-refractivity contribution in [1.29, 1.82) is 0 Å². The summed E-state index contributed by atoms with van der Waals surface area (Å²) in [4.78, 5) is 38.9. The third-order valence-electron chi connectivity index (χ3n) is 6.07. The Labute approximate surface area is 230 Å². The third-order valence-corrected chi connectivity index (χ3v) is 6.07. The van der Waals surface area contributed by atoms with Crippen LogP contribution in [0.4, 0.5) is 17.1 Å². The van der Waals surface area contributed by atoms with Gasteiger partial charge in [-0.15, -0.1) is 5.11 Å². The fourth-order valence-corrected chi connectivity index (χ4v) is 3.86. The van der Waals surface area contributed by atoms with Crippen molar-refractivity contribution in [2.45, 2.75) is 13.8 Å². The summed E-state index contributed by atoms with van der Waals surface area (Å²) in [5.74, 6) is -0.899. The molecule has 1 aromatic heterocycles. The van der Waals surface area contributed by atoms with Gasteiger partial charge in [0.1, 0.15) is 17.2 Å². The normalized spacial score (nSPS) is 11.7. The first-order valence-electron chi connectivity index (χ1n) is 12.2. The van der Waals surface area contributed by atoms with Gasteiger partial charge in [0.05, 0.1) is 24.2 Å². The average molecular weight is 541 g/mol. The zero-order valence-electron chi connectivity index (χ0n) is 22.4. The van der Waals surface area contributed by atoms with E-state index in [-0.39, 0.29) is 34.0 Å². The maximum atomic E-state index is 13.1. The van der Waals surface area contributed by atoms with Crippen molar-refractivity contribution in [2.24, 2.45) is 17.3 Å². The van der Waals surface area contributed by atoms with Crippen molar-refractivity contribution in [3.63, 3.8) is 0 Å². The van der Waals surface area contributed by atoms with E-state index >= 15 is 0 Å². The first kappa shape index (κ1) is 27.6. The molecule has 11 nitrogen and oxygen atoms in total. The van der Waals surface area contributed by atoms with Gasteiger partial charge < -0.3 is 20.5 Å². The van der Waals surface area contributed by atoms with Crippen LogP contribution >= 0.6 is 0 Å². The number of para-hydroxylation sites is 1. The Kier molecular flexibility index (Phi) is 8.24. The Morgan fingerprint density at radius 2 is 1.65 bits per heavy atom. The van der Waals surface area contributed by atoms with Crippen molar-refractivity contribution in [3.05, 3.63) is 112 Å². The Morgan fingerprint density at radius 1 is 0.950 bits per heavy atom. The molecule has 40 heavy (non-hydrogen) atoms. The molecule has 0 saturated heterocycles. The Bertz CT molecular complexity index is 1660. The Morgan fingerprint density at radius 3 is 2.30 bits per heavy atom. The first-order chi connectivity index (χ1) is 19.2. The molecule has 0 atom stereocenters. The number of hydrogen-bond acceptors (Lipinski definition) is 7. The Balaban J connectivity index is 1.52. The van der Waals surface area contributed by atoms with Crippen LogP contribution in [0.1, 0.15) is 23.0 Å². The maximum absolute atomic E-state index is 13.1. The molecule has 0 aliphatic rings. The average Bonchev–Trinajstić information content (AvgIpc) is 3.16. The van der Waals surface area contributed by atoms with Gasteiger partial charge in [0, 0.05) is 18.3 Å². The lowest BCUT2D eigenvalue weighted by Crippen LogP contribution is -2.22. The molecule has 0 spiro atoms. The number of carbonyl (C=O) groups excluding carboxylic acids is 2. The number of aliphatic hydroxyl groups excluding tert-OH is 1. The fourth-order valence-electron chi connectivity index (χ4n) is 3.86. The van der Waals surface area contributed by atoms with Crippen LogP contribution in [-0.4, -0.2) is 33.4 Å². The number of benzene rings is 3. The molecule has 0 saturated carbocycles. The standard InChI is InChI=1S/C29H28N6O5/c1-18-25(29(39)35(34(18)3)23-11-6-5-7-12-23)31-27(37)20-9-8-10-22(17-20)32-33-26(19(2)36)28(38)30-21-13-15-24(40-4)16-14-21/h5-17,36H,1-4H3,(H,30,38)(H,31,37)/b26-19-,33-32?. The fraction of sp³-hybridized carbons (Fsp3) is 0.138. The number of amides is 2. The number of azo groups is 1. The summed E-state index contributed by atoms with van der Waals surface area (Å²) in [6, 6.07) is 21.9. The lowest BCUT2D eigenvalue weighted by molar-refractivity contribution is -0.113. The molecular weight excluding hydrogens is 512 g/mol. The molecule has 2 amide bonds. The predicted octanol–water partition coefficient (Wildman–Crippen LogP) is 5.26. The molecule has 11 heteroatoms. The van der Waals surface area contributed by atoms with Crippen molar-refractivity contribution < 1.29 is 19.4 Å². The van der Waals surface area contributed by atoms with Gasteiger partial charge in [-0.3, -0.25) is 19.1 Å². The number of aliphatic hydroxyl groups is 1. The number of nitrogens with zero attached hydrogens (tertiary/aromatic N) is 4. The number of anilines is 2. The lowest BCUT2D eigenvalue weighted by atomic mass is 10.2. The number of allylic oxidation sites excluding steroid dienone is 1. The molecule has 204 valence electrons. The number of carbonyl (C=O) groups is 2. The monoisotopic (exact) mass is 540 g/mol. The van der Waals surface area contributed by atoms with Gasteiger partial charge >= 0.3 is 0 Å². The van der Waals surface area contributed by atoms with E-state index in [1.807, 2.05) is 18.2 Å². The highest BCUT2D eigenvalue weighted by atomic mass is 16.5. The van der Waals surface area contributed by atoms with E-state index in [2.05, 4.69) is 20.9 Å². The molecule has 0 radical (unpaired) electrons. The highest BCUT2D eigenvalue weighted by Gasteiger charge is 2.19. The predicted molar refractivity (Wildman–Crippen MR) is 152 cm³/mol. The number of aromatic nitrogens is 2. The highest BCUT2D eigenvalue weighted by Crippen LogP contribution is 2.21. The molecule has 4 rings (SSSR count). The van der Waals surface area contributed by atoms with Crippen LogP contribution in [0.5, 0.6) is 5.75 Å². The zero-order chi connectivity index (χ0) is 28.8. The Hall–Kier alpha value is -5.45. The first-order valence-corrected chi connectivity index (χ1v) is 12.2. The molecule has 0 fully saturated rings. The minimum absolute atomic E-state index is 0.153. The van der Waals surface area contributed by atoms with Crippen molar-refractivity contribution >= 4 is 28.9 Å². The number of hydrogen-bond donors (Lipinski definition) is 3. The minimum Gasteiger partial charge on any atom is -0.510 e. The van der Waals surface area contributed by atoms with Crippen LogP contribution in [0.15, 0.2) is 105 Å².